The Hall–Kier alpha value is -1.13. The fourth-order valence-corrected chi connectivity index (χ4v) is 3.45. The fourth-order valence-electron chi connectivity index (χ4n) is 3.45. The molecule has 0 spiro atoms. The Morgan fingerprint density at radius 1 is 1.29 bits per heavy atom. The molecule has 3 rings (SSSR count). The molecule has 5 heteroatoms. The average Bonchev–Trinajstić information content (AvgIpc) is 2.82. The predicted molar refractivity (Wildman–Crippen MR) is 82.9 cm³/mol. The van der Waals surface area contributed by atoms with Crippen LogP contribution in [0.3, 0.4) is 0 Å². The zero-order valence-corrected chi connectivity index (χ0v) is 12.8. The van der Waals surface area contributed by atoms with Gasteiger partial charge >= 0.3 is 0 Å². The minimum atomic E-state index is -0.707. The van der Waals surface area contributed by atoms with Gasteiger partial charge in [0.2, 0.25) is 5.91 Å². The molecule has 0 saturated heterocycles. The van der Waals surface area contributed by atoms with Gasteiger partial charge in [0.15, 0.2) is 0 Å². The molecule has 1 amide bonds. The fraction of sp³-hybridized carbons (Fsp3) is 0.562. The van der Waals surface area contributed by atoms with Crippen LogP contribution >= 0.6 is 12.4 Å². The quantitative estimate of drug-likeness (QED) is 0.882. The van der Waals surface area contributed by atoms with E-state index in [1.54, 1.807) is 12.1 Å². The molecule has 1 aromatic carbocycles. The molecule has 1 aromatic rings. The lowest BCUT2D eigenvalue weighted by atomic mass is 9.81. The Bertz CT molecular complexity index is 529. The van der Waals surface area contributed by atoms with Crippen LogP contribution in [0.15, 0.2) is 18.2 Å². The van der Waals surface area contributed by atoms with Gasteiger partial charge in [-0.2, -0.15) is 0 Å². The summed E-state index contributed by atoms with van der Waals surface area (Å²) in [6, 6.07) is 4.80. The summed E-state index contributed by atoms with van der Waals surface area (Å²) in [5.74, 6) is -0.252. The molecule has 21 heavy (non-hydrogen) atoms. The normalized spacial score (nSPS) is 23.0. The molecular formula is C16H22ClFN2O. The number of rotatable bonds is 2. The second kappa shape index (κ2) is 6.32. The third-order valence-corrected chi connectivity index (χ3v) is 4.69. The van der Waals surface area contributed by atoms with Gasteiger partial charge < -0.3 is 11.1 Å². The maximum Gasteiger partial charge on any atom is 0.240 e. The Labute approximate surface area is 130 Å². The van der Waals surface area contributed by atoms with Gasteiger partial charge in [0.05, 0.1) is 11.6 Å². The summed E-state index contributed by atoms with van der Waals surface area (Å²) in [4.78, 5) is 12.4. The van der Waals surface area contributed by atoms with Crippen LogP contribution in [0, 0.1) is 5.82 Å². The van der Waals surface area contributed by atoms with E-state index in [-0.39, 0.29) is 30.2 Å². The third-order valence-electron chi connectivity index (χ3n) is 4.69. The first-order chi connectivity index (χ1) is 9.58. The molecule has 1 atom stereocenters. The lowest BCUT2D eigenvalue weighted by molar-refractivity contribution is -0.128. The van der Waals surface area contributed by atoms with Crippen LogP contribution in [-0.2, 0) is 11.2 Å². The molecular weight excluding hydrogens is 291 g/mol. The highest BCUT2D eigenvalue weighted by Gasteiger charge is 2.37. The van der Waals surface area contributed by atoms with E-state index in [0.29, 0.717) is 0 Å². The summed E-state index contributed by atoms with van der Waals surface area (Å²) in [5.41, 5.74) is 7.59. The van der Waals surface area contributed by atoms with Crippen molar-refractivity contribution in [2.45, 2.75) is 56.5 Å². The van der Waals surface area contributed by atoms with E-state index in [1.807, 2.05) is 0 Å². The van der Waals surface area contributed by atoms with Gasteiger partial charge in [0.25, 0.3) is 0 Å². The highest BCUT2D eigenvalue weighted by Crippen LogP contribution is 2.33. The summed E-state index contributed by atoms with van der Waals surface area (Å²) < 4.78 is 13.2. The lowest BCUT2D eigenvalue weighted by Gasteiger charge is -2.33. The van der Waals surface area contributed by atoms with Gasteiger partial charge in [0.1, 0.15) is 5.82 Å². The van der Waals surface area contributed by atoms with Gasteiger partial charge in [-0.15, -0.1) is 12.4 Å². The van der Waals surface area contributed by atoms with Crippen molar-refractivity contribution >= 4 is 18.3 Å². The summed E-state index contributed by atoms with van der Waals surface area (Å²) in [6.45, 7) is 0. The summed E-state index contributed by atoms with van der Waals surface area (Å²) in [5, 5.41) is 3.08. The van der Waals surface area contributed by atoms with E-state index in [2.05, 4.69) is 5.32 Å². The first kappa shape index (κ1) is 16.2. The highest BCUT2D eigenvalue weighted by atomic mass is 35.5. The Kier molecular flexibility index (Phi) is 4.89. The number of hydrogen-bond acceptors (Lipinski definition) is 2. The molecule has 2 aliphatic carbocycles. The Morgan fingerprint density at radius 3 is 2.71 bits per heavy atom. The summed E-state index contributed by atoms with van der Waals surface area (Å²) in [6.07, 6.45) is 6.39. The molecule has 0 bridgehead atoms. The van der Waals surface area contributed by atoms with Crippen molar-refractivity contribution < 1.29 is 9.18 Å². The predicted octanol–water partition coefficient (Wildman–Crippen LogP) is 3.01. The number of nitrogens with one attached hydrogen (secondary N) is 1. The SMILES string of the molecule is Cl.NC1(C(=O)NC2CCc3cc(F)ccc32)CCCCC1. The number of carbonyl (C=O) groups excluding carboxylic acids is 1. The number of hydrogen-bond donors (Lipinski definition) is 2. The molecule has 0 aromatic heterocycles. The molecule has 3 nitrogen and oxygen atoms in total. The van der Waals surface area contributed by atoms with Gasteiger partial charge in [-0.1, -0.05) is 25.3 Å². The molecule has 116 valence electrons. The van der Waals surface area contributed by atoms with E-state index in [9.17, 15) is 9.18 Å². The van der Waals surface area contributed by atoms with Crippen LogP contribution in [0.2, 0.25) is 0 Å². The molecule has 2 aliphatic rings. The number of aryl methyl sites for hydroxylation is 1. The van der Waals surface area contributed by atoms with E-state index in [4.69, 9.17) is 5.73 Å². The van der Waals surface area contributed by atoms with Crippen molar-refractivity contribution in [2.24, 2.45) is 5.73 Å². The van der Waals surface area contributed by atoms with Crippen molar-refractivity contribution in [3.05, 3.63) is 35.1 Å². The molecule has 0 aliphatic heterocycles. The van der Waals surface area contributed by atoms with Crippen LogP contribution in [0.1, 0.15) is 55.7 Å². The van der Waals surface area contributed by atoms with E-state index < -0.39 is 5.54 Å². The van der Waals surface area contributed by atoms with Crippen molar-refractivity contribution in [1.29, 1.82) is 0 Å². The Balaban J connectivity index is 0.00000161. The minimum Gasteiger partial charge on any atom is -0.348 e. The number of carbonyl (C=O) groups is 1. The molecule has 0 heterocycles. The number of nitrogens with two attached hydrogens (primary N) is 1. The van der Waals surface area contributed by atoms with Crippen LogP contribution in [0.4, 0.5) is 4.39 Å². The summed E-state index contributed by atoms with van der Waals surface area (Å²) >= 11 is 0. The third kappa shape index (κ3) is 3.22. The van der Waals surface area contributed by atoms with Crippen LogP contribution in [0.5, 0.6) is 0 Å². The van der Waals surface area contributed by atoms with Crippen LogP contribution < -0.4 is 11.1 Å². The highest BCUT2D eigenvalue weighted by molar-refractivity contribution is 5.86. The molecule has 0 radical (unpaired) electrons. The maximum atomic E-state index is 13.2. The molecule has 3 N–H and O–H groups in total. The van der Waals surface area contributed by atoms with Gasteiger partial charge in [-0.3, -0.25) is 4.79 Å². The van der Waals surface area contributed by atoms with Gasteiger partial charge in [-0.05, 0) is 48.9 Å². The zero-order valence-electron chi connectivity index (χ0n) is 12.0. The average molecular weight is 313 g/mol. The molecule has 1 unspecified atom stereocenters. The second-order valence-electron chi connectivity index (χ2n) is 6.12. The smallest absolute Gasteiger partial charge is 0.240 e. The number of fused-ring (bicyclic) bond motifs is 1. The van der Waals surface area contributed by atoms with Gasteiger partial charge in [0, 0.05) is 0 Å². The minimum absolute atomic E-state index is 0. The molecule has 1 fully saturated rings. The van der Waals surface area contributed by atoms with Crippen LogP contribution in [0.25, 0.3) is 0 Å². The van der Waals surface area contributed by atoms with E-state index >= 15 is 0 Å². The molecule has 1 saturated carbocycles. The van der Waals surface area contributed by atoms with Crippen LogP contribution in [-0.4, -0.2) is 11.4 Å². The summed E-state index contributed by atoms with van der Waals surface area (Å²) in [7, 11) is 0. The number of halogens is 2. The topological polar surface area (TPSA) is 55.1 Å². The number of benzene rings is 1. The van der Waals surface area contributed by atoms with Crippen molar-refractivity contribution in [3.63, 3.8) is 0 Å². The zero-order chi connectivity index (χ0) is 14.2. The first-order valence-corrected chi connectivity index (χ1v) is 7.47. The monoisotopic (exact) mass is 312 g/mol. The largest absolute Gasteiger partial charge is 0.348 e. The van der Waals surface area contributed by atoms with Gasteiger partial charge in [-0.25, -0.2) is 4.39 Å². The van der Waals surface area contributed by atoms with Crippen molar-refractivity contribution in [1.82, 2.24) is 5.32 Å². The maximum absolute atomic E-state index is 13.2. The first-order valence-electron chi connectivity index (χ1n) is 7.47. The second-order valence-corrected chi connectivity index (χ2v) is 6.12. The van der Waals surface area contributed by atoms with E-state index in [1.165, 1.54) is 6.07 Å². The Morgan fingerprint density at radius 2 is 2.00 bits per heavy atom. The number of amides is 1. The van der Waals surface area contributed by atoms with Crippen molar-refractivity contribution in [3.8, 4) is 0 Å². The van der Waals surface area contributed by atoms with Crippen molar-refractivity contribution in [2.75, 3.05) is 0 Å². The van der Waals surface area contributed by atoms with E-state index in [0.717, 1.165) is 56.1 Å². The standard InChI is InChI=1S/C16H21FN2O.ClH/c17-12-5-6-13-11(10-12)4-7-14(13)19-15(20)16(18)8-2-1-3-9-16;/h5-6,10,14H,1-4,7-9,18H2,(H,19,20);1H. The lowest BCUT2D eigenvalue weighted by Crippen LogP contribution is -2.55.